The quantitative estimate of drug-likeness (QED) is 0.426. The molecule has 2 aromatic rings. The number of esters is 1. The number of carbonyl (C=O) groups is 3. The van der Waals surface area contributed by atoms with Crippen LogP contribution in [-0.2, 0) is 30.5 Å². The number of para-hydroxylation sites is 1. The lowest BCUT2D eigenvalue weighted by atomic mass is 9.78. The summed E-state index contributed by atoms with van der Waals surface area (Å²) in [5, 5.41) is 18.9. The summed E-state index contributed by atoms with van der Waals surface area (Å²) >= 11 is 0. The fourth-order valence-corrected chi connectivity index (χ4v) is 6.76. The molecule has 11 heteroatoms. The topological polar surface area (TPSA) is 127 Å². The number of hydrogen-bond acceptors (Lipinski definition) is 8. The molecule has 1 aromatic carbocycles. The molecule has 1 aromatic heterocycles. The molecule has 1 spiro atoms. The SMILES string of the molecule is CC(C)C[C@H](CO)N1C(=O)[C@@H]2[C@@H]3C(=O)OCCC/C=C\[C@@H]3O[C@@]23C=CCN(Cn2nnc4ccccc42)C(=O)C13. The van der Waals surface area contributed by atoms with Crippen LogP contribution in [0.15, 0.2) is 48.6 Å². The highest BCUT2D eigenvalue weighted by molar-refractivity contribution is 5.99. The summed E-state index contributed by atoms with van der Waals surface area (Å²) < 4.78 is 13.9. The molecule has 2 saturated heterocycles. The summed E-state index contributed by atoms with van der Waals surface area (Å²) in [7, 11) is 0. The van der Waals surface area contributed by atoms with E-state index in [1.165, 1.54) is 4.90 Å². The first-order valence-corrected chi connectivity index (χ1v) is 14.0. The maximum atomic E-state index is 14.5. The molecular formula is C29H35N5O6. The number of hydrogen-bond donors (Lipinski definition) is 1. The highest BCUT2D eigenvalue weighted by Gasteiger charge is 2.72. The van der Waals surface area contributed by atoms with Gasteiger partial charge in [-0.25, -0.2) is 4.68 Å². The number of aromatic nitrogens is 3. The summed E-state index contributed by atoms with van der Waals surface area (Å²) in [6, 6.07) is 5.82. The molecule has 6 atom stereocenters. The van der Waals surface area contributed by atoms with Crippen molar-refractivity contribution < 1.29 is 29.0 Å². The van der Waals surface area contributed by atoms with E-state index < -0.39 is 41.6 Å². The predicted octanol–water partition coefficient (Wildman–Crippen LogP) is 1.67. The van der Waals surface area contributed by atoms with E-state index in [1.54, 1.807) is 15.7 Å². The van der Waals surface area contributed by atoms with Crippen LogP contribution in [0, 0.1) is 17.8 Å². The maximum Gasteiger partial charge on any atom is 0.312 e. The number of rotatable bonds is 6. The van der Waals surface area contributed by atoms with Gasteiger partial charge in [-0.15, -0.1) is 5.10 Å². The molecule has 0 radical (unpaired) electrons. The van der Waals surface area contributed by atoms with E-state index in [9.17, 15) is 19.5 Å². The fraction of sp³-hybridized carbons (Fsp3) is 0.552. The van der Waals surface area contributed by atoms with E-state index in [4.69, 9.17) is 9.47 Å². The van der Waals surface area contributed by atoms with Crippen LogP contribution in [0.2, 0.25) is 0 Å². The Morgan fingerprint density at radius 3 is 2.77 bits per heavy atom. The molecule has 4 aliphatic heterocycles. The predicted molar refractivity (Wildman–Crippen MR) is 143 cm³/mol. The lowest BCUT2D eigenvalue weighted by Crippen LogP contribution is -2.58. The van der Waals surface area contributed by atoms with Crippen molar-refractivity contribution in [2.24, 2.45) is 17.8 Å². The summed E-state index contributed by atoms with van der Waals surface area (Å²) in [5.41, 5.74) is 0.113. The summed E-state index contributed by atoms with van der Waals surface area (Å²) in [4.78, 5) is 45.3. The van der Waals surface area contributed by atoms with Gasteiger partial charge in [0.1, 0.15) is 29.7 Å². The lowest BCUT2D eigenvalue weighted by molar-refractivity contribution is -0.156. The minimum Gasteiger partial charge on any atom is -0.465 e. The molecule has 11 nitrogen and oxygen atoms in total. The number of nitrogens with zero attached hydrogens (tertiary/aromatic N) is 5. The van der Waals surface area contributed by atoms with E-state index in [2.05, 4.69) is 10.3 Å². The zero-order valence-electron chi connectivity index (χ0n) is 22.8. The number of allylic oxidation sites excluding steroid dienone is 1. The van der Waals surface area contributed by atoms with Crippen LogP contribution in [0.4, 0.5) is 0 Å². The standard InChI is InChI=1S/C29H35N5O6/c1-18(2)15-19(16-35)34-25-27(37)32(17-33-21-10-6-5-9-20(21)30-31-33)13-8-12-29(25)24(26(34)36)23-22(40-29)11-4-3-7-14-39-28(23)38/h4-6,8-12,18-19,22-25,35H,3,7,13-17H2,1-2H3/b11-4-/t19-,22+,23-,24+,25?,29+/m1/s1. The average Bonchev–Trinajstić information content (AvgIpc) is 3.54. The van der Waals surface area contributed by atoms with Crippen molar-refractivity contribution in [1.82, 2.24) is 24.8 Å². The van der Waals surface area contributed by atoms with E-state index >= 15 is 0 Å². The Labute approximate surface area is 232 Å². The van der Waals surface area contributed by atoms with Gasteiger partial charge < -0.3 is 24.4 Å². The summed E-state index contributed by atoms with van der Waals surface area (Å²) in [5.74, 6) is -2.88. The number of amides is 2. The third kappa shape index (κ3) is 4.23. The molecule has 0 saturated carbocycles. The highest BCUT2D eigenvalue weighted by Crippen LogP contribution is 2.54. The Kier molecular flexibility index (Phi) is 6.95. The van der Waals surface area contributed by atoms with Gasteiger partial charge in [-0.1, -0.05) is 55.5 Å². The first kappa shape index (κ1) is 26.6. The van der Waals surface area contributed by atoms with Gasteiger partial charge in [-0.05, 0) is 37.3 Å². The number of cyclic esters (lactones) is 1. The average molecular weight is 550 g/mol. The molecule has 0 aliphatic carbocycles. The van der Waals surface area contributed by atoms with Crippen molar-refractivity contribution in [2.75, 3.05) is 19.8 Å². The van der Waals surface area contributed by atoms with Gasteiger partial charge in [0.25, 0.3) is 5.91 Å². The Bertz CT molecular complexity index is 1370. The first-order chi connectivity index (χ1) is 19.4. The Hall–Kier alpha value is -3.57. The van der Waals surface area contributed by atoms with Gasteiger partial charge in [0.2, 0.25) is 5.91 Å². The van der Waals surface area contributed by atoms with Crippen molar-refractivity contribution in [3.05, 3.63) is 48.6 Å². The van der Waals surface area contributed by atoms with Crippen LogP contribution < -0.4 is 0 Å². The largest absolute Gasteiger partial charge is 0.465 e. The molecule has 212 valence electrons. The molecule has 1 N–H and O–H groups in total. The van der Waals surface area contributed by atoms with Gasteiger partial charge in [0.15, 0.2) is 0 Å². The van der Waals surface area contributed by atoms with Crippen LogP contribution in [0.3, 0.4) is 0 Å². The lowest BCUT2D eigenvalue weighted by Gasteiger charge is -2.39. The third-order valence-electron chi connectivity index (χ3n) is 8.45. The molecule has 40 heavy (non-hydrogen) atoms. The van der Waals surface area contributed by atoms with Crippen molar-refractivity contribution in [1.29, 1.82) is 0 Å². The Morgan fingerprint density at radius 1 is 1.15 bits per heavy atom. The second kappa shape index (κ2) is 10.4. The molecular weight excluding hydrogens is 514 g/mol. The highest BCUT2D eigenvalue weighted by atomic mass is 16.6. The Morgan fingerprint density at radius 2 is 1.98 bits per heavy atom. The molecule has 2 amide bonds. The minimum absolute atomic E-state index is 0.117. The smallest absolute Gasteiger partial charge is 0.312 e. The first-order valence-electron chi connectivity index (χ1n) is 14.0. The van der Waals surface area contributed by atoms with Crippen LogP contribution in [0.25, 0.3) is 11.0 Å². The van der Waals surface area contributed by atoms with Gasteiger partial charge >= 0.3 is 5.97 Å². The van der Waals surface area contributed by atoms with Crippen LogP contribution >= 0.6 is 0 Å². The van der Waals surface area contributed by atoms with Crippen LogP contribution in [0.1, 0.15) is 33.1 Å². The number of benzene rings is 1. The number of aliphatic hydroxyl groups excluding tert-OH is 1. The zero-order chi connectivity index (χ0) is 28.0. The van der Waals surface area contributed by atoms with Gasteiger partial charge in [-0.2, -0.15) is 0 Å². The van der Waals surface area contributed by atoms with Gasteiger partial charge in [0.05, 0.1) is 36.8 Å². The summed E-state index contributed by atoms with van der Waals surface area (Å²) in [6.07, 6.45) is 8.60. The minimum atomic E-state index is -1.38. The number of aliphatic hydroxyl groups is 1. The molecule has 0 bridgehead atoms. The van der Waals surface area contributed by atoms with Crippen LogP contribution in [0.5, 0.6) is 0 Å². The fourth-order valence-electron chi connectivity index (χ4n) is 6.76. The molecule has 1 unspecified atom stereocenters. The molecule has 6 rings (SSSR count). The summed E-state index contributed by atoms with van der Waals surface area (Å²) in [6.45, 7) is 4.33. The van der Waals surface area contributed by atoms with Crippen molar-refractivity contribution in [2.45, 2.75) is 63.6 Å². The second-order valence-electron chi connectivity index (χ2n) is 11.5. The van der Waals surface area contributed by atoms with Crippen molar-refractivity contribution >= 4 is 28.8 Å². The number of likely N-dealkylation sites (tertiary alicyclic amines) is 1. The number of fused-ring (bicyclic) bond motifs is 3. The molecule has 5 heterocycles. The van der Waals surface area contributed by atoms with Gasteiger partial charge in [0, 0.05) is 6.54 Å². The Balaban J connectivity index is 1.43. The zero-order valence-corrected chi connectivity index (χ0v) is 22.8. The van der Waals surface area contributed by atoms with Gasteiger partial charge in [-0.3, -0.25) is 14.4 Å². The molecule has 2 fully saturated rings. The normalized spacial score (nSPS) is 31.8. The van der Waals surface area contributed by atoms with E-state index in [1.807, 2.05) is 56.3 Å². The monoisotopic (exact) mass is 549 g/mol. The van der Waals surface area contributed by atoms with Crippen molar-refractivity contribution in [3.8, 4) is 0 Å². The van der Waals surface area contributed by atoms with E-state index in [0.29, 0.717) is 18.4 Å². The van der Waals surface area contributed by atoms with E-state index in [0.717, 1.165) is 11.9 Å². The third-order valence-corrected chi connectivity index (χ3v) is 8.45. The van der Waals surface area contributed by atoms with Crippen molar-refractivity contribution in [3.63, 3.8) is 0 Å². The maximum absolute atomic E-state index is 14.5. The second-order valence-corrected chi connectivity index (χ2v) is 11.5. The molecule has 4 aliphatic rings. The van der Waals surface area contributed by atoms with E-state index in [-0.39, 0.29) is 44.2 Å². The number of ether oxygens (including phenoxy) is 2. The van der Waals surface area contributed by atoms with Crippen LogP contribution in [-0.4, -0.2) is 91.2 Å². The number of carbonyl (C=O) groups excluding carboxylic acids is 3.